The number of carbonyl (C=O) groups is 3. The minimum absolute atomic E-state index is 0.176. The van der Waals surface area contributed by atoms with E-state index in [1.165, 1.54) is 7.11 Å². The second-order valence-corrected chi connectivity index (χ2v) is 6.00. The van der Waals surface area contributed by atoms with Crippen LogP contribution in [0.3, 0.4) is 0 Å². The Hall–Kier alpha value is -2.57. The molecule has 1 N–H and O–H groups in total. The number of benzene rings is 1. The Kier molecular flexibility index (Phi) is 6.80. The van der Waals surface area contributed by atoms with Crippen molar-refractivity contribution in [3.8, 4) is 5.75 Å². The highest BCUT2D eigenvalue weighted by atomic mass is 16.5. The molecule has 1 aliphatic rings. The molecule has 0 unspecified atom stereocenters. The summed E-state index contributed by atoms with van der Waals surface area (Å²) < 4.78 is 9.98. The zero-order valence-electron chi connectivity index (χ0n) is 14.6. The Balaban J connectivity index is 1.72. The van der Waals surface area contributed by atoms with Gasteiger partial charge in [0.2, 0.25) is 0 Å². The zero-order chi connectivity index (χ0) is 18.2. The van der Waals surface area contributed by atoms with Crippen molar-refractivity contribution in [2.24, 2.45) is 0 Å². The van der Waals surface area contributed by atoms with E-state index in [1.807, 2.05) is 6.92 Å². The normalized spacial score (nSPS) is 16.9. The molecular weight excluding hydrogens is 324 g/mol. The van der Waals surface area contributed by atoms with Crippen molar-refractivity contribution in [2.45, 2.75) is 32.2 Å². The van der Waals surface area contributed by atoms with Crippen LogP contribution in [-0.4, -0.2) is 55.5 Å². The zero-order valence-corrected chi connectivity index (χ0v) is 14.6. The molecule has 1 heterocycles. The number of hydrogen-bond donors (Lipinski definition) is 1. The van der Waals surface area contributed by atoms with Crippen LogP contribution in [0, 0.1) is 0 Å². The third kappa shape index (κ3) is 5.48. The molecule has 136 valence electrons. The minimum atomic E-state index is -0.639. The van der Waals surface area contributed by atoms with Gasteiger partial charge in [-0.3, -0.25) is 14.4 Å². The number of nitrogens with one attached hydrogen (secondary N) is 1. The highest BCUT2D eigenvalue weighted by Gasteiger charge is 2.23. The van der Waals surface area contributed by atoms with Crippen molar-refractivity contribution in [1.82, 2.24) is 10.2 Å². The number of hydrogen-bond acceptors (Lipinski definition) is 5. The number of rotatable bonds is 6. The van der Waals surface area contributed by atoms with E-state index in [0.29, 0.717) is 17.9 Å². The van der Waals surface area contributed by atoms with Gasteiger partial charge >= 0.3 is 5.97 Å². The van der Waals surface area contributed by atoms with Gasteiger partial charge in [0.25, 0.3) is 11.8 Å². The average Bonchev–Trinajstić information content (AvgIpc) is 2.64. The van der Waals surface area contributed by atoms with E-state index in [0.717, 1.165) is 19.3 Å². The maximum Gasteiger partial charge on any atom is 0.325 e. The Morgan fingerprint density at radius 1 is 1.20 bits per heavy atom. The third-order valence-electron chi connectivity index (χ3n) is 4.23. The Morgan fingerprint density at radius 3 is 2.56 bits per heavy atom. The molecular formula is C18H24N2O5. The Morgan fingerprint density at radius 2 is 1.92 bits per heavy atom. The van der Waals surface area contributed by atoms with Crippen LogP contribution in [0.25, 0.3) is 0 Å². The maximum absolute atomic E-state index is 12.1. The smallest absolute Gasteiger partial charge is 0.325 e. The Bertz CT molecular complexity index is 614. The number of ether oxygens (including phenoxy) is 2. The molecule has 0 aromatic heterocycles. The van der Waals surface area contributed by atoms with Gasteiger partial charge in [-0.25, -0.2) is 0 Å². The summed E-state index contributed by atoms with van der Waals surface area (Å²) in [6.45, 7) is 2.12. The first-order valence-electron chi connectivity index (χ1n) is 8.38. The fraction of sp³-hybridized carbons (Fsp3) is 0.500. The molecule has 1 saturated heterocycles. The standard InChI is InChI=1S/C18H24N2O5/c1-13-5-3-4-10-20(13)16(21)12-25-17(22)11-19-18(23)14-6-8-15(24-2)9-7-14/h6-9,13H,3-5,10-12H2,1-2H3,(H,19,23)/t13-/m0/s1. The molecule has 7 nitrogen and oxygen atoms in total. The number of nitrogens with zero attached hydrogens (tertiary/aromatic N) is 1. The van der Waals surface area contributed by atoms with Crippen LogP contribution in [0.4, 0.5) is 0 Å². The van der Waals surface area contributed by atoms with Gasteiger partial charge in [0, 0.05) is 18.2 Å². The summed E-state index contributed by atoms with van der Waals surface area (Å²) in [5, 5.41) is 2.47. The molecule has 1 fully saturated rings. The molecule has 1 aromatic rings. The van der Waals surface area contributed by atoms with Crippen LogP contribution in [0.5, 0.6) is 5.75 Å². The molecule has 1 aromatic carbocycles. The number of piperidine rings is 1. The van der Waals surface area contributed by atoms with Gasteiger partial charge in [-0.2, -0.15) is 0 Å². The molecule has 1 atom stereocenters. The van der Waals surface area contributed by atoms with Crippen LogP contribution in [0.15, 0.2) is 24.3 Å². The summed E-state index contributed by atoms with van der Waals surface area (Å²) in [7, 11) is 1.54. The largest absolute Gasteiger partial charge is 0.497 e. The van der Waals surface area contributed by atoms with Crippen LogP contribution < -0.4 is 10.1 Å². The van der Waals surface area contributed by atoms with Gasteiger partial charge in [-0.15, -0.1) is 0 Å². The molecule has 25 heavy (non-hydrogen) atoms. The predicted molar refractivity (Wildman–Crippen MR) is 91.3 cm³/mol. The van der Waals surface area contributed by atoms with Gasteiger partial charge in [0.1, 0.15) is 12.3 Å². The van der Waals surface area contributed by atoms with E-state index < -0.39 is 11.9 Å². The first-order chi connectivity index (χ1) is 12.0. The topological polar surface area (TPSA) is 84.9 Å². The molecule has 2 amide bonds. The molecule has 0 aliphatic carbocycles. The number of likely N-dealkylation sites (tertiary alicyclic amines) is 1. The predicted octanol–water partition coefficient (Wildman–Crippen LogP) is 1.37. The lowest BCUT2D eigenvalue weighted by atomic mass is 10.0. The van der Waals surface area contributed by atoms with E-state index in [9.17, 15) is 14.4 Å². The summed E-state index contributed by atoms with van der Waals surface area (Å²) in [4.78, 5) is 37.5. The quantitative estimate of drug-likeness (QED) is 0.785. The van der Waals surface area contributed by atoms with Crippen LogP contribution in [0.2, 0.25) is 0 Å². The summed E-state index contributed by atoms with van der Waals surface area (Å²) in [5.41, 5.74) is 0.409. The summed E-state index contributed by atoms with van der Waals surface area (Å²) in [6, 6.07) is 6.69. The van der Waals surface area contributed by atoms with E-state index in [1.54, 1.807) is 29.2 Å². The minimum Gasteiger partial charge on any atom is -0.497 e. The first-order valence-corrected chi connectivity index (χ1v) is 8.38. The fourth-order valence-corrected chi connectivity index (χ4v) is 2.74. The fourth-order valence-electron chi connectivity index (χ4n) is 2.74. The summed E-state index contributed by atoms with van der Waals surface area (Å²) in [5.74, 6) is -0.584. The lowest BCUT2D eigenvalue weighted by Gasteiger charge is -2.33. The second kappa shape index (κ2) is 9.05. The van der Waals surface area contributed by atoms with Crippen LogP contribution >= 0.6 is 0 Å². The first kappa shape index (κ1) is 18.8. The Labute approximate surface area is 147 Å². The molecule has 7 heteroatoms. The highest BCUT2D eigenvalue weighted by Crippen LogP contribution is 2.16. The van der Waals surface area contributed by atoms with Gasteiger partial charge < -0.3 is 19.7 Å². The van der Waals surface area contributed by atoms with E-state index in [4.69, 9.17) is 9.47 Å². The van der Waals surface area contributed by atoms with Crippen molar-refractivity contribution in [1.29, 1.82) is 0 Å². The summed E-state index contributed by atoms with van der Waals surface area (Å²) in [6.07, 6.45) is 3.06. The van der Waals surface area contributed by atoms with E-state index in [-0.39, 0.29) is 25.1 Å². The van der Waals surface area contributed by atoms with Gasteiger partial charge in [0.15, 0.2) is 6.61 Å². The van der Waals surface area contributed by atoms with Crippen LogP contribution in [-0.2, 0) is 14.3 Å². The van der Waals surface area contributed by atoms with Crippen molar-refractivity contribution < 1.29 is 23.9 Å². The van der Waals surface area contributed by atoms with Crippen molar-refractivity contribution in [3.63, 3.8) is 0 Å². The van der Waals surface area contributed by atoms with Crippen molar-refractivity contribution >= 4 is 17.8 Å². The molecule has 0 radical (unpaired) electrons. The monoisotopic (exact) mass is 348 g/mol. The summed E-state index contributed by atoms with van der Waals surface area (Å²) >= 11 is 0. The van der Waals surface area contributed by atoms with Gasteiger partial charge in [-0.05, 0) is 50.5 Å². The van der Waals surface area contributed by atoms with E-state index >= 15 is 0 Å². The number of methoxy groups -OCH3 is 1. The maximum atomic E-state index is 12.1. The highest BCUT2D eigenvalue weighted by molar-refractivity contribution is 5.96. The lowest BCUT2D eigenvalue weighted by molar-refractivity contribution is -0.152. The molecule has 1 aliphatic heterocycles. The van der Waals surface area contributed by atoms with Crippen molar-refractivity contribution in [2.75, 3.05) is 26.8 Å². The second-order valence-electron chi connectivity index (χ2n) is 6.00. The van der Waals surface area contributed by atoms with Crippen molar-refractivity contribution in [3.05, 3.63) is 29.8 Å². The number of esters is 1. The molecule has 0 bridgehead atoms. The number of amides is 2. The lowest BCUT2D eigenvalue weighted by Crippen LogP contribution is -2.44. The molecule has 0 spiro atoms. The van der Waals surface area contributed by atoms with Crippen LogP contribution in [0.1, 0.15) is 36.5 Å². The SMILES string of the molecule is COc1ccc(C(=O)NCC(=O)OCC(=O)N2CCCC[C@@H]2C)cc1. The third-order valence-corrected chi connectivity index (χ3v) is 4.23. The molecule has 0 saturated carbocycles. The number of carbonyl (C=O) groups excluding carboxylic acids is 3. The average molecular weight is 348 g/mol. The molecule has 2 rings (SSSR count). The van der Waals surface area contributed by atoms with E-state index in [2.05, 4.69) is 5.32 Å². The van der Waals surface area contributed by atoms with Gasteiger partial charge in [-0.1, -0.05) is 0 Å². The van der Waals surface area contributed by atoms with Gasteiger partial charge in [0.05, 0.1) is 7.11 Å².